The minimum atomic E-state index is -0.986. The van der Waals surface area contributed by atoms with Gasteiger partial charge in [-0.15, -0.1) is 0 Å². The van der Waals surface area contributed by atoms with Crippen LogP contribution in [0.2, 0.25) is 5.02 Å². The van der Waals surface area contributed by atoms with Gasteiger partial charge in [0.15, 0.2) is 11.6 Å². The Kier molecular flexibility index (Phi) is 3.77. The Balaban J connectivity index is 2.17. The maximum atomic E-state index is 13.5. The van der Waals surface area contributed by atoms with Crippen LogP contribution in [0.15, 0.2) is 36.4 Å². The summed E-state index contributed by atoms with van der Waals surface area (Å²) in [5.74, 6) is -2.50. The second kappa shape index (κ2) is 5.31. The summed E-state index contributed by atoms with van der Waals surface area (Å²) in [6.07, 6.45) is 0. The zero-order valence-corrected chi connectivity index (χ0v) is 9.94. The van der Waals surface area contributed by atoms with Gasteiger partial charge in [-0.1, -0.05) is 29.8 Å². The molecule has 0 aliphatic heterocycles. The fourth-order valence-corrected chi connectivity index (χ4v) is 1.71. The first-order valence-electron chi connectivity index (χ1n) is 5.20. The monoisotopic (exact) mass is 271 g/mol. The van der Waals surface area contributed by atoms with Crippen LogP contribution in [0.1, 0.15) is 5.56 Å². The van der Waals surface area contributed by atoms with E-state index in [1.165, 1.54) is 24.3 Å². The maximum Gasteiger partial charge on any atom is 0.181 e. The van der Waals surface area contributed by atoms with Crippen LogP contribution in [-0.4, -0.2) is 0 Å². The summed E-state index contributed by atoms with van der Waals surface area (Å²) in [6.45, 7) is 0.0206. The first-order valence-corrected chi connectivity index (χ1v) is 5.58. The molecule has 94 valence electrons. The third-order valence-corrected chi connectivity index (χ3v) is 2.74. The van der Waals surface area contributed by atoms with Crippen LogP contribution in [-0.2, 0) is 6.54 Å². The minimum absolute atomic E-state index is 0.00554. The molecule has 0 aliphatic carbocycles. The highest BCUT2D eigenvalue weighted by Gasteiger charge is 2.09. The number of benzene rings is 2. The van der Waals surface area contributed by atoms with Crippen LogP contribution < -0.4 is 5.32 Å². The molecule has 0 bridgehead atoms. The topological polar surface area (TPSA) is 12.0 Å². The van der Waals surface area contributed by atoms with E-state index < -0.39 is 17.5 Å². The molecule has 5 heteroatoms. The van der Waals surface area contributed by atoms with Crippen molar-refractivity contribution in [2.24, 2.45) is 0 Å². The lowest BCUT2D eigenvalue weighted by Gasteiger charge is -2.09. The van der Waals surface area contributed by atoms with Crippen molar-refractivity contribution in [1.29, 1.82) is 0 Å². The Bertz CT molecular complexity index is 521. The highest BCUT2D eigenvalue weighted by atomic mass is 35.5. The van der Waals surface area contributed by atoms with E-state index in [0.717, 1.165) is 6.07 Å². The molecule has 18 heavy (non-hydrogen) atoms. The van der Waals surface area contributed by atoms with Crippen LogP contribution in [0.3, 0.4) is 0 Å². The van der Waals surface area contributed by atoms with Crippen molar-refractivity contribution in [1.82, 2.24) is 0 Å². The molecule has 0 spiro atoms. The summed E-state index contributed by atoms with van der Waals surface area (Å²) in [4.78, 5) is 0. The van der Waals surface area contributed by atoms with Gasteiger partial charge in [0, 0.05) is 12.1 Å². The summed E-state index contributed by atoms with van der Waals surface area (Å²) in [6, 6.07) is 8.29. The van der Waals surface area contributed by atoms with Crippen molar-refractivity contribution in [2.45, 2.75) is 6.54 Å². The predicted molar refractivity (Wildman–Crippen MR) is 65.1 cm³/mol. The first kappa shape index (κ1) is 12.8. The molecule has 1 N–H and O–H groups in total. The molecule has 2 rings (SSSR count). The number of halogens is 4. The lowest BCUT2D eigenvalue weighted by Crippen LogP contribution is -2.04. The average Bonchev–Trinajstić information content (AvgIpc) is 2.36. The molecule has 0 atom stereocenters. The normalized spacial score (nSPS) is 10.4. The van der Waals surface area contributed by atoms with Gasteiger partial charge in [0.25, 0.3) is 0 Å². The van der Waals surface area contributed by atoms with E-state index in [4.69, 9.17) is 11.6 Å². The summed E-state index contributed by atoms with van der Waals surface area (Å²) < 4.78 is 39.8. The Morgan fingerprint density at radius 1 is 0.944 bits per heavy atom. The number of rotatable bonds is 3. The van der Waals surface area contributed by atoms with Crippen LogP contribution >= 0.6 is 11.6 Å². The second-order valence-corrected chi connectivity index (χ2v) is 4.08. The third kappa shape index (κ3) is 2.59. The molecule has 0 aliphatic rings. The fourth-order valence-electron chi connectivity index (χ4n) is 1.52. The predicted octanol–water partition coefficient (Wildman–Crippen LogP) is 4.37. The van der Waals surface area contributed by atoms with E-state index in [0.29, 0.717) is 0 Å². The zero-order chi connectivity index (χ0) is 13.1. The molecule has 0 heterocycles. The number of nitrogens with one attached hydrogen (secondary N) is 1. The van der Waals surface area contributed by atoms with E-state index >= 15 is 0 Å². The van der Waals surface area contributed by atoms with Gasteiger partial charge in [0.05, 0.1) is 10.7 Å². The maximum absolute atomic E-state index is 13.5. The van der Waals surface area contributed by atoms with Crippen molar-refractivity contribution in [2.75, 3.05) is 5.32 Å². The molecule has 0 fully saturated rings. The largest absolute Gasteiger partial charge is 0.378 e. The summed E-state index contributed by atoms with van der Waals surface area (Å²) in [5.41, 5.74) is 0.264. The highest BCUT2D eigenvalue weighted by Crippen LogP contribution is 2.21. The summed E-state index contributed by atoms with van der Waals surface area (Å²) in [5, 5.41) is 2.62. The van der Waals surface area contributed by atoms with Gasteiger partial charge < -0.3 is 5.32 Å². The van der Waals surface area contributed by atoms with Gasteiger partial charge in [-0.3, -0.25) is 0 Å². The van der Waals surface area contributed by atoms with Crippen molar-refractivity contribution in [3.63, 3.8) is 0 Å². The smallest absolute Gasteiger partial charge is 0.181 e. The molecule has 1 nitrogen and oxygen atoms in total. The first-order chi connectivity index (χ1) is 8.59. The molecule has 0 saturated heterocycles. The Labute approximate surface area is 107 Å². The quantitative estimate of drug-likeness (QED) is 0.874. The van der Waals surface area contributed by atoms with Crippen LogP contribution in [0, 0.1) is 17.5 Å². The van der Waals surface area contributed by atoms with Crippen molar-refractivity contribution < 1.29 is 13.2 Å². The zero-order valence-electron chi connectivity index (χ0n) is 9.18. The second-order valence-electron chi connectivity index (χ2n) is 3.67. The average molecular weight is 272 g/mol. The molecule has 0 aromatic heterocycles. The molecule has 0 radical (unpaired) electrons. The molecular weight excluding hydrogens is 263 g/mol. The van der Waals surface area contributed by atoms with Gasteiger partial charge in [-0.05, 0) is 18.2 Å². The van der Waals surface area contributed by atoms with E-state index in [-0.39, 0.29) is 22.8 Å². The highest BCUT2D eigenvalue weighted by molar-refractivity contribution is 6.30. The van der Waals surface area contributed by atoms with Crippen LogP contribution in [0.4, 0.5) is 18.9 Å². The van der Waals surface area contributed by atoms with Gasteiger partial charge in [-0.25, -0.2) is 13.2 Å². The van der Waals surface area contributed by atoms with Gasteiger partial charge in [0.1, 0.15) is 5.82 Å². The molecule has 0 unspecified atom stereocenters. The Morgan fingerprint density at radius 3 is 2.44 bits per heavy atom. The van der Waals surface area contributed by atoms with E-state index in [1.807, 2.05) is 0 Å². The number of hydrogen-bond donors (Lipinski definition) is 1. The van der Waals surface area contributed by atoms with Crippen molar-refractivity contribution >= 4 is 17.3 Å². The number of hydrogen-bond acceptors (Lipinski definition) is 1. The van der Waals surface area contributed by atoms with Crippen molar-refractivity contribution in [3.8, 4) is 0 Å². The van der Waals surface area contributed by atoms with E-state index in [9.17, 15) is 13.2 Å². The Morgan fingerprint density at radius 2 is 1.67 bits per heavy atom. The molecule has 0 saturated carbocycles. The molecule has 2 aromatic carbocycles. The Hall–Kier alpha value is -1.68. The minimum Gasteiger partial charge on any atom is -0.378 e. The SMILES string of the molecule is Fc1cccc(NCc2cccc(Cl)c2F)c1F. The van der Waals surface area contributed by atoms with Gasteiger partial charge >= 0.3 is 0 Å². The summed E-state index contributed by atoms with van der Waals surface area (Å²) >= 11 is 5.62. The van der Waals surface area contributed by atoms with Crippen LogP contribution in [0.25, 0.3) is 0 Å². The lowest BCUT2D eigenvalue weighted by molar-refractivity contribution is 0.511. The lowest BCUT2D eigenvalue weighted by atomic mass is 10.2. The molecule has 2 aromatic rings. The van der Waals surface area contributed by atoms with E-state index in [2.05, 4.69) is 5.32 Å². The molecule has 0 amide bonds. The molecular formula is C13H9ClF3N. The van der Waals surface area contributed by atoms with Crippen LogP contribution in [0.5, 0.6) is 0 Å². The van der Waals surface area contributed by atoms with E-state index in [1.54, 1.807) is 6.07 Å². The van der Waals surface area contributed by atoms with Gasteiger partial charge in [0.2, 0.25) is 0 Å². The van der Waals surface area contributed by atoms with Crippen molar-refractivity contribution in [3.05, 3.63) is 64.4 Å². The number of anilines is 1. The van der Waals surface area contributed by atoms with Gasteiger partial charge in [-0.2, -0.15) is 0 Å². The fraction of sp³-hybridized carbons (Fsp3) is 0.0769. The standard InChI is InChI=1S/C13H9ClF3N/c14-9-4-1-3-8(12(9)16)7-18-11-6-2-5-10(15)13(11)17/h1-6,18H,7H2. The third-order valence-electron chi connectivity index (χ3n) is 2.45. The summed E-state index contributed by atoms with van der Waals surface area (Å²) in [7, 11) is 0.